The molecule has 1 aliphatic heterocycles. The van der Waals surface area contributed by atoms with Crippen molar-refractivity contribution < 1.29 is 14.3 Å². The first-order chi connectivity index (χ1) is 9.13. The van der Waals surface area contributed by atoms with E-state index in [4.69, 9.17) is 4.74 Å². The van der Waals surface area contributed by atoms with E-state index in [0.29, 0.717) is 16.7 Å². The van der Waals surface area contributed by atoms with Crippen LogP contribution in [-0.2, 0) is 4.74 Å². The van der Waals surface area contributed by atoms with Crippen molar-refractivity contribution in [3.05, 3.63) is 46.4 Å². The minimum Gasteiger partial charge on any atom is -0.465 e. The number of allylic oxidation sites excluding steroid dienone is 1. The van der Waals surface area contributed by atoms with E-state index < -0.39 is 5.97 Å². The largest absolute Gasteiger partial charge is 0.465 e. The van der Waals surface area contributed by atoms with E-state index in [1.54, 1.807) is 29.0 Å². The van der Waals surface area contributed by atoms with E-state index in [-0.39, 0.29) is 11.0 Å². The van der Waals surface area contributed by atoms with Crippen LogP contribution in [-0.4, -0.2) is 17.6 Å². The average molecular weight is 257 g/mol. The Labute approximate surface area is 108 Å². The molecule has 0 aliphatic carbocycles. The van der Waals surface area contributed by atoms with Crippen molar-refractivity contribution in [2.75, 3.05) is 7.11 Å². The van der Waals surface area contributed by atoms with Crippen LogP contribution >= 0.6 is 0 Å². The van der Waals surface area contributed by atoms with Crippen molar-refractivity contribution in [2.24, 2.45) is 0 Å². The number of methoxy groups -OCH3 is 1. The zero-order chi connectivity index (χ0) is 13.6. The van der Waals surface area contributed by atoms with Gasteiger partial charge in [0.1, 0.15) is 11.8 Å². The standard InChI is InChI=1S/C14H11NO4/c1-8-7-19-11-5-3-4-9-12(11)15(8)6-10(13(9)16)14(17)18-2/h3-7H,1-2H3. The number of ether oxygens (including phenoxy) is 2. The van der Waals surface area contributed by atoms with Crippen LogP contribution in [0, 0.1) is 0 Å². The first-order valence-corrected chi connectivity index (χ1v) is 5.74. The molecule has 0 saturated heterocycles. The van der Waals surface area contributed by atoms with Gasteiger partial charge < -0.3 is 14.0 Å². The molecular formula is C14H11NO4. The second-order valence-corrected chi connectivity index (χ2v) is 4.26. The number of benzene rings is 1. The smallest absolute Gasteiger partial charge is 0.343 e. The summed E-state index contributed by atoms with van der Waals surface area (Å²) >= 11 is 0. The van der Waals surface area contributed by atoms with E-state index in [2.05, 4.69) is 4.74 Å². The number of para-hydroxylation sites is 1. The number of pyridine rings is 1. The second kappa shape index (κ2) is 3.98. The van der Waals surface area contributed by atoms with E-state index >= 15 is 0 Å². The van der Waals surface area contributed by atoms with Crippen LogP contribution in [0.5, 0.6) is 5.75 Å². The molecule has 0 unspecified atom stereocenters. The summed E-state index contributed by atoms with van der Waals surface area (Å²) in [5, 5.41) is 0.438. The Morgan fingerprint density at radius 3 is 2.89 bits per heavy atom. The second-order valence-electron chi connectivity index (χ2n) is 4.26. The van der Waals surface area contributed by atoms with Crippen LogP contribution in [0.25, 0.3) is 16.6 Å². The molecular weight excluding hydrogens is 246 g/mol. The van der Waals surface area contributed by atoms with Gasteiger partial charge in [0, 0.05) is 6.20 Å². The third-order valence-corrected chi connectivity index (χ3v) is 3.13. The van der Waals surface area contributed by atoms with Gasteiger partial charge in [-0.3, -0.25) is 4.79 Å². The molecule has 0 bridgehead atoms. The van der Waals surface area contributed by atoms with Crippen molar-refractivity contribution in [3.8, 4) is 5.75 Å². The monoisotopic (exact) mass is 257 g/mol. The molecule has 2 heterocycles. The lowest BCUT2D eigenvalue weighted by Crippen LogP contribution is -2.21. The predicted molar refractivity (Wildman–Crippen MR) is 70.1 cm³/mol. The van der Waals surface area contributed by atoms with Crippen LogP contribution in [0.2, 0.25) is 0 Å². The van der Waals surface area contributed by atoms with Gasteiger partial charge in [-0.05, 0) is 19.1 Å². The van der Waals surface area contributed by atoms with Crippen molar-refractivity contribution in [3.63, 3.8) is 0 Å². The highest BCUT2D eigenvalue weighted by molar-refractivity contribution is 5.96. The van der Waals surface area contributed by atoms with Gasteiger partial charge in [0.05, 0.1) is 23.7 Å². The molecule has 0 spiro atoms. The summed E-state index contributed by atoms with van der Waals surface area (Å²) in [6, 6.07) is 5.17. The van der Waals surface area contributed by atoms with Gasteiger partial charge in [0.25, 0.3) is 0 Å². The van der Waals surface area contributed by atoms with E-state index in [0.717, 1.165) is 5.70 Å². The van der Waals surface area contributed by atoms with Crippen LogP contribution < -0.4 is 10.2 Å². The first kappa shape index (κ1) is 11.5. The summed E-state index contributed by atoms with van der Waals surface area (Å²) < 4.78 is 11.9. The molecule has 5 heteroatoms. The highest BCUT2D eigenvalue weighted by atomic mass is 16.5. The Hall–Kier alpha value is -2.56. The molecule has 1 aromatic carbocycles. The third-order valence-electron chi connectivity index (χ3n) is 3.13. The highest BCUT2D eigenvalue weighted by Crippen LogP contribution is 2.30. The average Bonchev–Trinajstić information content (AvgIpc) is 2.44. The lowest BCUT2D eigenvalue weighted by atomic mass is 10.1. The van der Waals surface area contributed by atoms with Crippen LogP contribution in [0.3, 0.4) is 0 Å². The van der Waals surface area contributed by atoms with E-state index in [1.165, 1.54) is 13.3 Å². The lowest BCUT2D eigenvalue weighted by molar-refractivity contribution is 0.0599. The molecule has 0 atom stereocenters. The Kier molecular flexibility index (Phi) is 2.41. The normalized spacial score (nSPS) is 12.8. The Bertz CT molecular complexity index is 786. The maximum atomic E-state index is 12.3. The van der Waals surface area contributed by atoms with Gasteiger partial charge in [-0.15, -0.1) is 0 Å². The molecule has 1 aliphatic rings. The van der Waals surface area contributed by atoms with Crippen LogP contribution in [0.4, 0.5) is 0 Å². The number of aromatic nitrogens is 1. The van der Waals surface area contributed by atoms with Gasteiger partial charge in [0.2, 0.25) is 5.43 Å². The zero-order valence-corrected chi connectivity index (χ0v) is 10.5. The van der Waals surface area contributed by atoms with Gasteiger partial charge in [-0.1, -0.05) is 6.07 Å². The zero-order valence-electron chi connectivity index (χ0n) is 10.5. The number of nitrogens with zero attached hydrogens (tertiary/aromatic N) is 1. The summed E-state index contributed by atoms with van der Waals surface area (Å²) in [5.74, 6) is -0.0445. The Morgan fingerprint density at radius 2 is 2.16 bits per heavy atom. The summed E-state index contributed by atoms with van der Waals surface area (Å²) in [6.07, 6.45) is 3.07. The first-order valence-electron chi connectivity index (χ1n) is 5.74. The van der Waals surface area contributed by atoms with Crippen LogP contribution in [0.1, 0.15) is 17.3 Å². The molecule has 96 valence electrons. The molecule has 19 heavy (non-hydrogen) atoms. The summed E-state index contributed by atoms with van der Waals surface area (Å²) in [6.45, 7) is 1.83. The van der Waals surface area contributed by atoms with Crippen molar-refractivity contribution >= 4 is 22.6 Å². The summed E-state index contributed by atoms with van der Waals surface area (Å²) in [4.78, 5) is 24.0. The number of hydrogen-bond acceptors (Lipinski definition) is 4. The highest BCUT2D eigenvalue weighted by Gasteiger charge is 2.20. The molecule has 0 saturated carbocycles. The van der Waals surface area contributed by atoms with Crippen LogP contribution in [0.15, 0.2) is 35.5 Å². The number of esters is 1. The minimum atomic E-state index is -0.639. The fourth-order valence-corrected chi connectivity index (χ4v) is 2.19. The van der Waals surface area contributed by atoms with Crippen molar-refractivity contribution in [1.29, 1.82) is 0 Å². The molecule has 3 rings (SSSR count). The third kappa shape index (κ3) is 1.55. The number of hydrogen-bond donors (Lipinski definition) is 0. The lowest BCUT2D eigenvalue weighted by Gasteiger charge is -2.19. The molecule has 0 N–H and O–H groups in total. The van der Waals surface area contributed by atoms with Crippen molar-refractivity contribution in [2.45, 2.75) is 6.92 Å². The van der Waals surface area contributed by atoms with Gasteiger partial charge in [-0.2, -0.15) is 0 Å². The Morgan fingerprint density at radius 1 is 1.37 bits per heavy atom. The number of carbonyl (C=O) groups excluding carboxylic acids is 1. The minimum absolute atomic E-state index is 0.0156. The molecule has 0 amide bonds. The SMILES string of the molecule is COC(=O)c1cn2c3c(cccc3c1=O)OC=C2C. The maximum absolute atomic E-state index is 12.3. The molecule has 0 radical (unpaired) electrons. The fourth-order valence-electron chi connectivity index (χ4n) is 2.19. The van der Waals surface area contributed by atoms with Gasteiger partial charge in [-0.25, -0.2) is 4.79 Å². The molecule has 1 aromatic heterocycles. The number of rotatable bonds is 1. The van der Waals surface area contributed by atoms with E-state index in [9.17, 15) is 9.59 Å². The molecule has 5 nitrogen and oxygen atoms in total. The summed E-state index contributed by atoms with van der Waals surface area (Å²) in [7, 11) is 1.25. The number of carbonyl (C=O) groups is 1. The Balaban J connectivity index is 2.48. The quantitative estimate of drug-likeness (QED) is 0.733. The summed E-state index contributed by atoms with van der Waals surface area (Å²) in [5.41, 5.74) is 1.12. The van der Waals surface area contributed by atoms with Gasteiger partial charge >= 0.3 is 5.97 Å². The molecule has 0 fully saturated rings. The van der Waals surface area contributed by atoms with Gasteiger partial charge in [0.15, 0.2) is 5.75 Å². The van der Waals surface area contributed by atoms with Crippen molar-refractivity contribution in [1.82, 2.24) is 4.57 Å². The molecule has 2 aromatic rings. The topological polar surface area (TPSA) is 57.5 Å². The fraction of sp³-hybridized carbons (Fsp3) is 0.143. The predicted octanol–water partition coefficient (Wildman–Crippen LogP) is 2.00. The maximum Gasteiger partial charge on any atom is 0.343 e. The van der Waals surface area contributed by atoms with E-state index in [1.807, 2.05) is 6.92 Å².